The average molecular weight is 339 g/mol. The van der Waals surface area contributed by atoms with Crippen LogP contribution in [0.1, 0.15) is 20.3 Å². The summed E-state index contributed by atoms with van der Waals surface area (Å²) in [6.45, 7) is 5.26. The first-order valence-corrected chi connectivity index (χ1v) is 7.63. The van der Waals surface area contributed by atoms with Crippen molar-refractivity contribution >= 4 is 33.4 Å². The topological polar surface area (TPSA) is 49.4 Å². The first kappa shape index (κ1) is 15.0. The molecule has 1 saturated heterocycles. The lowest BCUT2D eigenvalue weighted by Gasteiger charge is -2.18. The molecule has 1 aromatic rings. The van der Waals surface area contributed by atoms with Crippen LogP contribution in [0, 0.1) is 11.8 Å². The molecule has 1 heterocycles. The normalized spacial score (nSPS) is 18.7. The van der Waals surface area contributed by atoms with Crippen LogP contribution < -0.4 is 10.2 Å². The van der Waals surface area contributed by atoms with E-state index in [1.54, 1.807) is 4.90 Å². The Morgan fingerprint density at radius 2 is 2.15 bits per heavy atom. The van der Waals surface area contributed by atoms with Gasteiger partial charge in [-0.15, -0.1) is 0 Å². The molecule has 1 aliphatic rings. The van der Waals surface area contributed by atoms with Gasteiger partial charge in [0.2, 0.25) is 11.8 Å². The number of hydrogen-bond donors (Lipinski definition) is 1. The monoisotopic (exact) mass is 338 g/mol. The molecule has 108 valence electrons. The quantitative estimate of drug-likeness (QED) is 0.857. The van der Waals surface area contributed by atoms with Crippen LogP contribution in [0.25, 0.3) is 0 Å². The van der Waals surface area contributed by atoms with Gasteiger partial charge in [-0.2, -0.15) is 0 Å². The van der Waals surface area contributed by atoms with Crippen molar-refractivity contribution in [3.05, 3.63) is 28.7 Å². The van der Waals surface area contributed by atoms with Gasteiger partial charge in [-0.05, 0) is 40.4 Å². The fourth-order valence-corrected chi connectivity index (χ4v) is 2.76. The first-order valence-electron chi connectivity index (χ1n) is 6.84. The van der Waals surface area contributed by atoms with Crippen molar-refractivity contribution in [3.63, 3.8) is 0 Å². The summed E-state index contributed by atoms with van der Waals surface area (Å²) in [6, 6.07) is 7.58. The van der Waals surface area contributed by atoms with E-state index in [2.05, 4.69) is 21.2 Å². The molecule has 0 bridgehead atoms. The van der Waals surface area contributed by atoms with Crippen LogP contribution in [0.4, 0.5) is 5.69 Å². The van der Waals surface area contributed by atoms with E-state index >= 15 is 0 Å². The summed E-state index contributed by atoms with van der Waals surface area (Å²) in [5.74, 6) is -0.438. The van der Waals surface area contributed by atoms with Gasteiger partial charge >= 0.3 is 0 Å². The predicted octanol–water partition coefficient (Wildman–Crippen LogP) is 2.57. The molecule has 2 amide bonds. The van der Waals surface area contributed by atoms with Gasteiger partial charge in [0.25, 0.3) is 0 Å². The third kappa shape index (κ3) is 3.20. The number of carbonyl (C=O) groups is 2. The standard InChI is InChI=1S/C15H19BrN2O2/c1-10(2)9-17-14(19)11-7-8-18(15(11)20)13-6-4-3-5-12(13)16/h3-6,10-11H,7-9H2,1-2H3,(H,17,19). The van der Waals surface area contributed by atoms with E-state index in [-0.39, 0.29) is 11.8 Å². The van der Waals surface area contributed by atoms with Gasteiger partial charge in [0.05, 0.1) is 5.69 Å². The van der Waals surface area contributed by atoms with Crippen LogP contribution in [0.5, 0.6) is 0 Å². The lowest BCUT2D eigenvalue weighted by Crippen LogP contribution is -2.38. The summed E-state index contributed by atoms with van der Waals surface area (Å²) >= 11 is 3.45. The number of rotatable bonds is 4. The summed E-state index contributed by atoms with van der Waals surface area (Å²) in [4.78, 5) is 26.1. The summed E-state index contributed by atoms with van der Waals surface area (Å²) in [6.07, 6.45) is 0.574. The van der Waals surface area contributed by atoms with Crippen molar-refractivity contribution in [2.75, 3.05) is 18.0 Å². The second-order valence-electron chi connectivity index (χ2n) is 5.42. The number of halogens is 1. The maximum absolute atomic E-state index is 12.4. The molecule has 0 aliphatic carbocycles. The van der Waals surface area contributed by atoms with Gasteiger partial charge < -0.3 is 10.2 Å². The highest BCUT2D eigenvalue weighted by Crippen LogP contribution is 2.31. The molecule has 1 atom stereocenters. The van der Waals surface area contributed by atoms with Crippen molar-refractivity contribution in [2.45, 2.75) is 20.3 Å². The number of hydrogen-bond acceptors (Lipinski definition) is 2. The van der Waals surface area contributed by atoms with Crippen LogP contribution in [0.15, 0.2) is 28.7 Å². The Kier molecular flexibility index (Phi) is 4.81. The molecular formula is C15H19BrN2O2. The molecule has 0 radical (unpaired) electrons. The Morgan fingerprint density at radius 3 is 2.80 bits per heavy atom. The third-order valence-electron chi connectivity index (χ3n) is 3.35. The zero-order chi connectivity index (χ0) is 14.7. The van der Waals surface area contributed by atoms with Gasteiger partial charge in [-0.1, -0.05) is 26.0 Å². The molecule has 0 aromatic heterocycles. The van der Waals surface area contributed by atoms with E-state index in [4.69, 9.17) is 0 Å². The zero-order valence-electron chi connectivity index (χ0n) is 11.7. The Bertz CT molecular complexity index is 516. The largest absolute Gasteiger partial charge is 0.355 e. The van der Waals surface area contributed by atoms with Gasteiger partial charge in [0, 0.05) is 17.6 Å². The van der Waals surface area contributed by atoms with Crippen LogP contribution >= 0.6 is 15.9 Å². The van der Waals surface area contributed by atoms with Gasteiger partial charge in [0.15, 0.2) is 0 Å². The number of carbonyl (C=O) groups excluding carboxylic acids is 2. The van der Waals surface area contributed by atoms with Crippen LogP contribution in [-0.2, 0) is 9.59 Å². The molecule has 5 heteroatoms. The lowest BCUT2D eigenvalue weighted by atomic mass is 10.1. The lowest BCUT2D eigenvalue weighted by molar-refractivity contribution is -0.132. The second kappa shape index (κ2) is 6.39. The molecule has 20 heavy (non-hydrogen) atoms. The highest BCUT2D eigenvalue weighted by atomic mass is 79.9. The molecule has 0 saturated carbocycles. The summed E-state index contributed by atoms with van der Waals surface area (Å²) in [5.41, 5.74) is 0.830. The summed E-state index contributed by atoms with van der Waals surface area (Å²) in [5, 5.41) is 2.84. The first-order chi connectivity index (χ1) is 9.50. The number of nitrogens with one attached hydrogen (secondary N) is 1. The minimum atomic E-state index is -0.555. The Labute approximate surface area is 127 Å². The second-order valence-corrected chi connectivity index (χ2v) is 6.28. The maximum atomic E-state index is 12.4. The average Bonchev–Trinajstić information content (AvgIpc) is 2.78. The van der Waals surface area contributed by atoms with Gasteiger partial charge in [-0.25, -0.2) is 0 Å². The number of anilines is 1. The van der Waals surface area contributed by atoms with Crippen LogP contribution in [-0.4, -0.2) is 24.9 Å². The molecular weight excluding hydrogens is 320 g/mol. The fraction of sp³-hybridized carbons (Fsp3) is 0.467. The van der Waals surface area contributed by atoms with Gasteiger partial charge in [0.1, 0.15) is 5.92 Å². The molecule has 1 aromatic carbocycles. The SMILES string of the molecule is CC(C)CNC(=O)C1CCN(c2ccccc2Br)C1=O. The highest BCUT2D eigenvalue weighted by Gasteiger charge is 2.37. The molecule has 0 spiro atoms. The van der Waals surface area contributed by atoms with Crippen molar-refractivity contribution in [2.24, 2.45) is 11.8 Å². The summed E-state index contributed by atoms with van der Waals surface area (Å²) in [7, 11) is 0. The predicted molar refractivity (Wildman–Crippen MR) is 82.4 cm³/mol. The van der Waals surface area contributed by atoms with E-state index in [1.807, 2.05) is 38.1 Å². The smallest absolute Gasteiger partial charge is 0.239 e. The van der Waals surface area contributed by atoms with E-state index in [1.165, 1.54) is 0 Å². The van der Waals surface area contributed by atoms with Crippen molar-refractivity contribution in [3.8, 4) is 0 Å². The highest BCUT2D eigenvalue weighted by molar-refractivity contribution is 9.10. The van der Waals surface area contributed by atoms with Crippen molar-refractivity contribution < 1.29 is 9.59 Å². The van der Waals surface area contributed by atoms with Crippen molar-refractivity contribution in [1.82, 2.24) is 5.32 Å². The molecule has 1 unspecified atom stereocenters. The molecule has 2 rings (SSSR count). The fourth-order valence-electron chi connectivity index (χ4n) is 2.26. The van der Waals surface area contributed by atoms with E-state index in [0.717, 1.165) is 10.2 Å². The van der Waals surface area contributed by atoms with E-state index in [9.17, 15) is 9.59 Å². The number of amides is 2. The Morgan fingerprint density at radius 1 is 1.45 bits per heavy atom. The number of benzene rings is 1. The Hall–Kier alpha value is -1.36. The molecule has 1 fully saturated rings. The minimum Gasteiger partial charge on any atom is -0.355 e. The minimum absolute atomic E-state index is 0.113. The Balaban J connectivity index is 2.06. The summed E-state index contributed by atoms with van der Waals surface area (Å²) < 4.78 is 0.872. The number of nitrogens with zero attached hydrogens (tertiary/aromatic N) is 1. The van der Waals surface area contributed by atoms with Gasteiger partial charge in [-0.3, -0.25) is 9.59 Å². The molecule has 1 N–H and O–H groups in total. The van der Waals surface area contributed by atoms with Crippen molar-refractivity contribution in [1.29, 1.82) is 0 Å². The number of para-hydroxylation sites is 1. The molecule has 1 aliphatic heterocycles. The maximum Gasteiger partial charge on any atom is 0.239 e. The molecule has 4 nitrogen and oxygen atoms in total. The third-order valence-corrected chi connectivity index (χ3v) is 4.02. The van der Waals surface area contributed by atoms with Crippen LogP contribution in [0.3, 0.4) is 0 Å². The van der Waals surface area contributed by atoms with E-state index < -0.39 is 5.92 Å². The van der Waals surface area contributed by atoms with E-state index in [0.29, 0.717) is 25.4 Å². The zero-order valence-corrected chi connectivity index (χ0v) is 13.3. The van der Waals surface area contributed by atoms with Crippen LogP contribution in [0.2, 0.25) is 0 Å².